The summed E-state index contributed by atoms with van der Waals surface area (Å²) < 4.78 is 7.84. The van der Waals surface area contributed by atoms with Gasteiger partial charge in [0.1, 0.15) is 6.10 Å². The molecule has 0 saturated heterocycles. The zero-order valence-corrected chi connectivity index (χ0v) is 12.3. The van der Waals surface area contributed by atoms with Crippen molar-refractivity contribution in [2.45, 2.75) is 64.7 Å². The van der Waals surface area contributed by atoms with Gasteiger partial charge in [-0.05, 0) is 45.4 Å². The van der Waals surface area contributed by atoms with Crippen molar-refractivity contribution in [3.05, 3.63) is 18.0 Å². The summed E-state index contributed by atoms with van der Waals surface area (Å²) in [6.07, 6.45) is 7.25. The van der Waals surface area contributed by atoms with Crippen LogP contribution in [-0.2, 0) is 11.3 Å². The van der Waals surface area contributed by atoms with Gasteiger partial charge in [0.2, 0.25) is 0 Å². The summed E-state index contributed by atoms with van der Waals surface area (Å²) in [7, 11) is 0. The molecular weight excluding hydrogens is 240 g/mol. The molecule has 1 N–H and O–H groups in total. The fraction of sp³-hybridized carbons (Fsp3) is 0.800. The van der Waals surface area contributed by atoms with E-state index in [9.17, 15) is 5.11 Å². The van der Waals surface area contributed by atoms with Crippen LogP contribution < -0.4 is 0 Å². The van der Waals surface area contributed by atoms with Gasteiger partial charge in [0.05, 0.1) is 11.8 Å². The SMILES string of the molecule is CCOC1(C(O)c2cnn(CC)c2)CCC(C)CC1. The lowest BCUT2D eigenvalue weighted by Crippen LogP contribution is -2.42. The van der Waals surface area contributed by atoms with Gasteiger partial charge < -0.3 is 9.84 Å². The van der Waals surface area contributed by atoms with Crippen LogP contribution in [0.2, 0.25) is 0 Å². The van der Waals surface area contributed by atoms with Crippen LogP contribution in [0.1, 0.15) is 58.1 Å². The van der Waals surface area contributed by atoms with Crippen LogP contribution >= 0.6 is 0 Å². The predicted octanol–water partition coefficient (Wildman–Crippen LogP) is 2.92. The first-order chi connectivity index (χ1) is 9.11. The third kappa shape index (κ3) is 3.00. The summed E-state index contributed by atoms with van der Waals surface area (Å²) in [6.45, 7) is 7.79. The van der Waals surface area contributed by atoms with Gasteiger partial charge in [-0.25, -0.2) is 0 Å². The molecule has 0 spiro atoms. The molecule has 1 heterocycles. The Morgan fingerprint density at radius 3 is 2.68 bits per heavy atom. The highest BCUT2D eigenvalue weighted by Crippen LogP contribution is 2.43. The fourth-order valence-corrected chi connectivity index (χ4v) is 3.03. The molecular formula is C15H26N2O2. The van der Waals surface area contributed by atoms with E-state index in [0.29, 0.717) is 6.61 Å². The normalized spacial score (nSPS) is 29.4. The lowest BCUT2D eigenvalue weighted by atomic mass is 9.75. The van der Waals surface area contributed by atoms with E-state index in [-0.39, 0.29) is 0 Å². The zero-order chi connectivity index (χ0) is 13.9. The fourth-order valence-electron chi connectivity index (χ4n) is 3.03. The summed E-state index contributed by atoms with van der Waals surface area (Å²) in [5.74, 6) is 0.735. The predicted molar refractivity (Wildman–Crippen MR) is 74.8 cm³/mol. The van der Waals surface area contributed by atoms with Crippen molar-refractivity contribution in [2.75, 3.05) is 6.61 Å². The monoisotopic (exact) mass is 266 g/mol. The number of hydrogen-bond acceptors (Lipinski definition) is 3. The molecule has 1 aliphatic rings. The average molecular weight is 266 g/mol. The van der Waals surface area contributed by atoms with Gasteiger partial charge in [-0.3, -0.25) is 4.68 Å². The van der Waals surface area contributed by atoms with Gasteiger partial charge in [-0.1, -0.05) is 6.92 Å². The van der Waals surface area contributed by atoms with Crippen molar-refractivity contribution < 1.29 is 9.84 Å². The van der Waals surface area contributed by atoms with E-state index < -0.39 is 11.7 Å². The highest BCUT2D eigenvalue weighted by molar-refractivity contribution is 5.14. The molecule has 1 aliphatic carbocycles. The Hall–Kier alpha value is -0.870. The van der Waals surface area contributed by atoms with Crippen molar-refractivity contribution >= 4 is 0 Å². The molecule has 0 aromatic carbocycles. The molecule has 0 aliphatic heterocycles. The second-order valence-corrected chi connectivity index (χ2v) is 5.71. The molecule has 0 radical (unpaired) electrons. The molecule has 0 bridgehead atoms. The van der Waals surface area contributed by atoms with E-state index in [4.69, 9.17) is 4.74 Å². The van der Waals surface area contributed by atoms with Gasteiger partial charge in [-0.15, -0.1) is 0 Å². The summed E-state index contributed by atoms with van der Waals surface area (Å²) in [5, 5.41) is 15.0. The lowest BCUT2D eigenvalue weighted by Gasteiger charge is -2.42. The summed E-state index contributed by atoms with van der Waals surface area (Å²) >= 11 is 0. The Balaban J connectivity index is 2.18. The molecule has 1 saturated carbocycles. The van der Waals surface area contributed by atoms with Gasteiger partial charge in [0.15, 0.2) is 0 Å². The minimum absolute atomic E-state index is 0.414. The first-order valence-corrected chi connectivity index (χ1v) is 7.45. The molecule has 1 atom stereocenters. The van der Waals surface area contributed by atoms with Crippen LogP contribution in [0.15, 0.2) is 12.4 Å². The van der Waals surface area contributed by atoms with Crippen LogP contribution in [0, 0.1) is 5.92 Å². The van der Waals surface area contributed by atoms with Crippen LogP contribution in [0.3, 0.4) is 0 Å². The minimum Gasteiger partial charge on any atom is -0.385 e. The second-order valence-electron chi connectivity index (χ2n) is 5.71. The number of hydrogen-bond donors (Lipinski definition) is 1. The summed E-state index contributed by atoms with van der Waals surface area (Å²) in [5.41, 5.74) is 0.466. The highest BCUT2D eigenvalue weighted by Gasteiger charge is 2.42. The van der Waals surface area contributed by atoms with Crippen molar-refractivity contribution in [3.8, 4) is 0 Å². The topological polar surface area (TPSA) is 47.3 Å². The van der Waals surface area contributed by atoms with Crippen molar-refractivity contribution in [1.82, 2.24) is 9.78 Å². The van der Waals surface area contributed by atoms with Crippen molar-refractivity contribution in [1.29, 1.82) is 0 Å². The molecule has 108 valence electrons. The van der Waals surface area contributed by atoms with Gasteiger partial charge >= 0.3 is 0 Å². The van der Waals surface area contributed by atoms with Crippen LogP contribution in [0.5, 0.6) is 0 Å². The number of aliphatic hydroxyl groups excluding tert-OH is 1. The Morgan fingerprint density at radius 1 is 1.47 bits per heavy atom. The maximum Gasteiger partial charge on any atom is 0.111 e. The third-order valence-corrected chi connectivity index (χ3v) is 4.34. The molecule has 0 amide bonds. The standard InChI is InChI=1S/C15H26N2O2/c1-4-17-11-13(10-16-17)14(18)15(19-5-2)8-6-12(3)7-9-15/h10-12,14,18H,4-9H2,1-3H3. The van der Waals surface area contributed by atoms with Crippen molar-refractivity contribution in [3.63, 3.8) is 0 Å². The Labute approximate surface area is 115 Å². The Bertz CT molecular complexity index is 395. The molecule has 4 nitrogen and oxygen atoms in total. The average Bonchev–Trinajstić information content (AvgIpc) is 2.90. The number of rotatable bonds is 5. The van der Waals surface area contributed by atoms with Crippen LogP contribution in [0.4, 0.5) is 0 Å². The summed E-state index contributed by atoms with van der Waals surface area (Å²) in [6, 6.07) is 0. The van der Waals surface area contributed by atoms with Gasteiger partial charge in [0, 0.05) is 24.9 Å². The highest BCUT2D eigenvalue weighted by atomic mass is 16.5. The molecule has 1 aromatic rings. The lowest BCUT2D eigenvalue weighted by molar-refractivity contribution is -0.146. The number of aromatic nitrogens is 2. The smallest absolute Gasteiger partial charge is 0.111 e. The van der Waals surface area contributed by atoms with Crippen molar-refractivity contribution in [2.24, 2.45) is 5.92 Å². The third-order valence-electron chi connectivity index (χ3n) is 4.34. The maximum absolute atomic E-state index is 10.7. The second kappa shape index (κ2) is 6.06. The molecule has 19 heavy (non-hydrogen) atoms. The van der Waals surface area contributed by atoms with E-state index in [1.54, 1.807) is 6.20 Å². The Morgan fingerprint density at radius 2 is 2.16 bits per heavy atom. The quantitative estimate of drug-likeness (QED) is 0.891. The van der Waals surface area contributed by atoms with E-state index in [0.717, 1.165) is 43.7 Å². The zero-order valence-electron chi connectivity index (χ0n) is 12.3. The molecule has 2 rings (SSSR count). The number of nitrogens with zero attached hydrogens (tertiary/aromatic N) is 2. The van der Waals surface area contributed by atoms with E-state index >= 15 is 0 Å². The molecule has 4 heteroatoms. The van der Waals surface area contributed by atoms with E-state index in [1.165, 1.54) is 0 Å². The first-order valence-electron chi connectivity index (χ1n) is 7.45. The van der Waals surface area contributed by atoms with Crippen LogP contribution in [0.25, 0.3) is 0 Å². The molecule has 1 aromatic heterocycles. The van der Waals surface area contributed by atoms with E-state index in [1.807, 2.05) is 24.7 Å². The first kappa shape index (κ1) is 14.5. The van der Waals surface area contributed by atoms with Gasteiger partial charge in [0.25, 0.3) is 0 Å². The maximum atomic E-state index is 10.7. The largest absolute Gasteiger partial charge is 0.385 e. The number of aryl methyl sites for hydroxylation is 1. The van der Waals surface area contributed by atoms with E-state index in [2.05, 4.69) is 12.0 Å². The summed E-state index contributed by atoms with van der Waals surface area (Å²) in [4.78, 5) is 0. The Kier molecular flexibility index (Phi) is 4.63. The number of ether oxygens (including phenoxy) is 1. The molecule has 1 unspecified atom stereocenters. The minimum atomic E-state index is -0.569. The number of aliphatic hydroxyl groups is 1. The molecule has 1 fully saturated rings. The van der Waals surface area contributed by atoms with Gasteiger partial charge in [-0.2, -0.15) is 5.10 Å². The van der Waals surface area contributed by atoms with Crippen LogP contribution in [-0.4, -0.2) is 27.1 Å².